The van der Waals surface area contributed by atoms with Gasteiger partial charge in [0.15, 0.2) is 0 Å². The molecule has 0 radical (unpaired) electrons. The SMILES string of the molecule is CC(=O)N1CCC(c2ccnc(Nc3cccc(C)n3)c2)CC1. The molecule has 0 aromatic carbocycles. The summed E-state index contributed by atoms with van der Waals surface area (Å²) < 4.78 is 0. The molecule has 1 aliphatic rings. The zero-order chi connectivity index (χ0) is 16.2. The molecule has 23 heavy (non-hydrogen) atoms. The Bertz CT molecular complexity index is 693. The largest absolute Gasteiger partial charge is 0.343 e. The number of pyridine rings is 2. The highest BCUT2D eigenvalue weighted by Gasteiger charge is 2.22. The summed E-state index contributed by atoms with van der Waals surface area (Å²) >= 11 is 0. The molecule has 120 valence electrons. The van der Waals surface area contributed by atoms with Crippen LogP contribution in [0.3, 0.4) is 0 Å². The number of aromatic nitrogens is 2. The summed E-state index contributed by atoms with van der Waals surface area (Å²) in [4.78, 5) is 22.2. The van der Waals surface area contributed by atoms with Crippen molar-refractivity contribution in [1.29, 1.82) is 0 Å². The zero-order valence-electron chi connectivity index (χ0n) is 13.6. The Morgan fingerprint density at radius 3 is 2.70 bits per heavy atom. The Morgan fingerprint density at radius 1 is 1.22 bits per heavy atom. The van der Waals surface area contributed by atoms with Crippen molar-refractivity contribution in [3.63, 3.8) is 0 Å². The Kier molecular flexibility index (Phi) is 4.55. The van der Waals surface area contributed by atoms with E-state index in [1.165, 1.54) is 5.56 Å². The van der Waals surface area contributed by atoms with Gasteiger partial charge in [0.05, 0.1) is 0 Å². The van der Waals surface area contributed by atoms with Gasteiger partial charge in [-0.25, -0.2) is 9.97 Å². The van der Waals surface area contributed by atoms with Gasteiger partial charge >= 0.3 is 0 Å². The fraction of sp³-hybridized carbons (Fsp3) is 0.389. The Labute approximate surface area is 136 Å². The van der Waals surface area contributed by atoms with Crippen LogP contribution in [0.15, 0.2) is 36.5 Å². The maximum atomic E-state index is 11.4. The normalized spacial score (nSPS) is 15.5. The van der Waals surface area contributed by atoms with Crippen LogP contribution in [0.25, 0.3) is 0 Å². The number of carbonyl (C=O) groups excluding carboxylic acids is 1. The Balaban J connectivity index is 1.69. The average molecular weight is 310 g/mol. The van der Waals surface area contributed by atoms with Crippen molar-refractivity contribution < 1.29 is 4.79 Å². The van der Waals surface area contributed by atoms with Gasteiger partial charge < -0.3 is 10.2 Å². The fourth-order valence-corrected chi connectivity index (χ4v) is 3.04. The summed E-state index contributed by atoms with van der Waals surface area (Å²) in [6.45, 7) is 5.29. The van der Waals surface area contributed by atoms with E-state index in [0.717, 1.165) is 43.3 Å². The molecule has 1 saturated heterocycles. The van der Waals surface area contributed by atoms with E-state index < -0.39 is 0 Å². The molecule has 0 aliphatic carbocycles. The van der Waals surface area contributed by atoms with Crippen molar-refractivity contribution in [3.05, 3.63) is 47.8 Å². The highest BCUT2D eigenvalue weighted by molar-refractivity contribution is 5.73. The lowest BCUT2D eigenvalue weighted by molar-refractivity contribution is -0.129. The van der Waals surface area contributed by atoms with Crippen molar-refractivity contribution >= 4 is 17.5 Å². The second-order valence-electron chi connectivity index (χ2n) is 6.04. The van der Waals surface area contributed by atoms with Crippen LogP contribution in [-0.4, -0.2) is 33.9 Å². The molecule has 0 saturated carbocycles. The summed E-state index contributed by atoms with van der Waals surface area (Å²) in [5, 5.41) is 3.26. The summed E-state index contributed by atoms with van der Waals surface area (Å²) in [6, 6.07) is 10.1. The van der Waals surface area contributed by atoms with Gasteiger partial charge in [-0.2, -0.15) is 0 Å². The number of carbonyl (C=O) groups is 1. The van der Waals surface area contributed by atoms with E-state index in [0.29, 0.717) is 5.92 Å². The molecule has 5 nitrogen and oxygen atoms in total. The Morgan fingerprint density at radius 2 is 2.00 bits per heavy atom. The van der Waals surface area contributed by atoms with Crippen LogP contribution in [0.2, 0.25) is 0 Å². The first-order valence-corrected chi connectivity index (χ1v) is 8.04. The smallest absolute Gasteiger partial charge is 0.219 e. The van der Waals surface area contributed by atoms with Crippen LogP contribution < -0.4 is 5.32 Å². The lowest BCUT2D eigenvalue weighted by Crippen LogP contribution is -2.36. The lowest BCUT2D eigenvalue weighted by atomic mass is 9.90. The molecule has 0 spiro atoms. The molecule has 0 unspecified atom stereocenters. The summed E-state index contributed by atoms with van der Waals surface area (Å²) in [6.07, 6.45) is 3.85. The van der Waals surface area contributed by atoms with E-state index in [1.807, 2.05) is 36.2 Å². The van der Waals surface area contributed by atoms with E-state index in [4.69, 9.17) is 0 Å². The van der Waals surface area contributed by atoms with Gasteiger partial charge in [-0.05, 0) is 55.5 Å². The molecule has 0 atom stereocenters. The van der Waals surface area contributed by atoms with Crippen molar-refractivity contribution in [2.24, 2.45) is 0 Å². The lowest BCUT2D eigenvalue weighted by Gasteiger charge is -2.31. The van der Waals surface area contributed by atoms with Gasteiger partial charge in [0, 0.05) is 31.9 Å². The van der Waals surface area contributed by atoms with Crippen LogP contribution in [0.4, 0.5) is 11.6 Å². The zero-order valence-corrected chi connectivity index (χ0v) is 13.6. The highest BCUT2D eigenvalue weighted by atomic mass is 16.2. The number of rotatable bonds is 3. The van der Waals surface area contributed by atoms with Gasteiger partial charge in [-0.1, -0.05) is 6.07 Å². The van der Waals surface area contributed by atoms with Gasteiger partial charge in [0.1, 0.15) is 11.6 Å². The molecule has 1 aliphatic heterocycles. The molecular formula is C18H22N4O. The maximum absolute atomic E-state index is 11.4. The van der Waals surface area contributed by atoms with Crippen molar-refractivity contribution in [2.45, 2.75) is 32.6 Å². The van der Waals surface area contributed by atoms with Crippen molar-refractivity contribution in [3.8, 4) is 0 Å². The fourth-order valence-electron chi connectivity index (χ4n) is 3.04. The van der Waals surface area contributed by atoms with E-state index in [-0.39, 0.29) is 5.91 Å². The van der Waals surface area contributed by atoms with Crippen LogP contribution >= 0.6 is 0 Å². The second kappa shape index (κ2) is 6.77. The molecule has 0 bridgehead atoms. The minimum absolute atomic E-state index is 0.172. The summed E-state index contributed by atoms with van der Waals surface area (Å²) in [5.74, 6) is 2.28. The number of nitrogens with zero attached hydrogens (tertiary/aromatic N) is 3. The van der Waals surface area contributed by atoms with Crippen molar-refractivity contribution in [1.82, 2.24) is 14.9 Å². The van der Waals surface area contributed by atoms with E-state index in [2.05, 4.69) is 27.4 Å². The quantitative estimate of drug-likeness (QED) is 0.945. The highest BCUT2D eigenvalue weighted by Crippen LogP contribution is 2.29. The Hall–Kier alpha value is -2.43. The number of hydrogen-bond donors (Lipinski definition) is 1. The van der Waals surface area contributed by atoms with Crippen LogP contribution in [0.5, 0.6) is 0 Å². The molecule has 2 aromatic rings. The first-order chi connectivity index (χ1) is 11.1. The summed E-state index contributed by atoms with van der Waals surface area (Å²) in [5.41, 5.74) is 2.25. The van der Waals surface area contributed by atoms with E-state index in [9.17, 15) is 4.79 Å². The molecule has 1 fully saturated rings. The molecule has 1 N–H and O–H groups in total. The number of nitrogens with one attached hydrogen (secondary N) is 1. The number of amides is 1. The second-order valence-corrected chi connectivity index (χ2v) is 6.04. The molecule has 1 amide bonds. The van der Waals surface area contributed by atoms with Crippen LogP contribution in [0, 0.1) is 6.92 Å². The third kappa shape index (κ3) is 3.86. The minimum atomic E-state index is 0.172. The average Bonchev–Trinajstić information content (AvgIpc) is 2.55. The molecule has 3 rings (SSSR count). The third-order valence-electron chi connectivity index (χ3n) is 4.34. The van der Waals surface area contributed by atoms with Crippen LogP contribution in [0.1, 0.15) is 36.9 Å². The van der Waals surface area contributed by atoms with Gasteiger partial charge in [0.2, 0.25) is 5.91 Å². The first kappa shape index (κ1) is 15.5. The molecule has 2 aromatic heterocycles. The number of hydrogen-bond acceptors (Lipinski definition) is 4. The maximum Gasteiger partial charge on any atom is 0.219 e. The van der Waals surface area contributed by atoms with Crippen molar-refractivity contribution in [2.75, 3.05) is 18.4 Å². The number of likely N-dealkylation sites (tertiary alicyclic amines) is 1. The number of piperidine rings is 1. The monoisotopic (exact) mass is 310 g/mol. The van der Waals surface area contributed by atoms with Gasteiger partial charge in [-0.15, -0.1) is 0 Å². The van der Waals surface area contributed by atoms with Gasteiger partial charge in [0.25, 0.3) is 0 Å². The van der Waals surface area contributed by atoms with Gasteiger partial charge in [-0.3, -0.25) is 4.79 Å². The molecule has 5 heteroatoms. The standard InChI is InChI=1S/C18H22N4O/c1-13-4-3-5-17(20-13)21-18-12-16(6-9-19-18)15-7-10-22(11-8-15)14(2)23/h3-6,9,12,15H,7-8,10-11H2,1-2H3,(H,19,20,21). The topological polar surface area (TPSA) is 58.1 Å². The minimum Gasteiger partial charge on any atom is -0.343 e. The van der Waals surface area contributed by atoms with E-state index >= 15 is 0 Å². The predicted molar refractivity (Wildman–Crippen MR) is 90.7 cm³/mol. The summed E-state index contributed by atoms with van der Waals surface area (Å²) in [7, 11) is 0. The van der Waals surface area contributed by atoms with E-state index in [1.54, 1.807) is 6.92 Å². The molecular weight excluding hydrogens is 288 g/mol. The first-order valence-electron chi connectivity index (χ1n) is 8.04. The number of aryl methyl sites for hydroxylation is 1. The number of anilines is 2. The molecule has 3 heterocycles. The predicted octanol–water partition coefficient (Wildman–Crippen LogP) is 3.25. The third-order valence-corrected chi connectivity index (χ3v) is 4.34. The van der Waals surface area contributed by atoms with Crippen LogP contribution in [-0.2, 0) is 4.79 Å².